The van der Waals surface area contributed by atoms with E-state index in [1.165, 1.54) is 12.1 Å². The number of anilines is 2. The number of benzene rings is 5. The molecule has 1 aliphatic carbocycles. The van der Waals surface area contributed by atoms with Gasteiger partial charge >= 0.3 is 0 Å². The maximum Gasteiger partial charge on any atom is 0.295 e. The highest BCUT2D eigenvalue weighted by atomic mass is 32.2. The molecular formula is C60H76N7O14S3+. The van der Waals surface area contributed by atoms with Crippen molar-refractivity contribution in [2.45, 2.75) is 76.5 Å². The van der Waals surface area contributed by atoms with Gasteiger partial charge in [-0.25, -0.2) is 26.6 Å². The highest BCUT2D eigenvalue weighted by molar-refractivity contribution is 7.89. The van der Waals surface area contributed by atoms with E-state index in [0.717, 1.165) is 71.5 Å². The summed E-state index contributed by atoms with van der Waals surface area (Å²) >= 11 is -2.19. The molecule has 2 heterocycles. The fraction of sp³-hybridized carbons (Fsp3) is 0.400. The summed E-state index contributed by atoms with van der Waals surface area (Å²) in [6, 6.07) is 32.0. The van der Waals surface area contributed by atoms with Crippen LogP contribution in [0.2, 0.25) is 0 Å². The topological polar surface area (TPSA) is 270 Å². The second-order valence-electron chi connectivity index (χ2n) is 19.6. The van der Waals surface area contributed by atoms with E-state index < -0.39 is 36.3 Å². The highest BCUT2D eigenvalue weighted by Crippen LogP contribution is 2.43. The SMILES string of the molecule is CCN(CC)c1ccc2c(-c3ccc(S(=O)(=O)NCCOCCOCCOCCOCCC(=O)NCCCC(=O)CCc4cc(-c5ccc(C)cc5)n(-c5ccc(NS(=O)O)cc5)n4)cc3S(=O)(=O)O)c3ccc(=[N+](CC)CC)cc-3oc2c1. The minimum atomic E-state index is -4.96. The van der Waals surface area contributed by atoms with Crippen molar-refractivity contribution in [1.82, 2.24) is 24.4 Å². The summed E-state index contributed by atoms with van der Waals surface area (Å²) in [5, 5.41) is 9.12. The smallest absolute Gasteiger partial charge is 0.295 e. The third-order valence-corrected chi connectivity index (χ3v) is 16.7. The molecule has 0 spiro atoms. The number of Topliss-reactive ketones (excluding diaryl/α,β-unsaturated/α-hetero) is 1. The van der Waals surface area contributed by atoms with Gasteiger partial charge in [0.25, 0.3) is 21.4 Å². The Kier molecular flexibility index (Phi) is 24.3. The molecule has 1 amide bonds. The Morgan fingerprint density at radius 1 is 0.726 bits per heavy atom. The monoisotopic (exact) mass is 1210 g/mol. The van der Waals surface area contributed by atoms with Crippen molar-refractivity contribution in [3.05, 3.63) is 126 Å². The Hall–Kier alpha value is -6.71. The van der Waals surface area contributed by atoms with Crippen molar-refractivity contribution in [3.63, 3.8) is 0 Å². The van der Waals surface area contributed by atoms with E-state index in [1.54, 1.807) is 28.9 Å². The van der Waals surface area contributed by atoms with Gasteiger partial charge in [-0.05, 0) is 108 Å². The number of hydrogen-bond acceptors (Lipinski definition) is 14. The zero-order chi connectivity index (χ0) is 60.2. The average Bonchev–Trinajstić information content (AvgIpc) is 2.39. The second kappa shape index (κ2) is 31.4. The molecule has 21 nitrogen and oxygen atoms in total. The molecule has 24 heteroatoms. The molecule has 7 rings (SSSR count). The van der Waals surface area contributed by atoms with Gasteiger partial charge in [0, 0.05) is 96.6 Å². The lowest BCUT2D eigenvalue weighted by molar-refractivity contribution is -0.123. The van der Waals surface area contributed by atoms with E-state index in [4.69, 9.17) is 33.0 Å². The zero-order valence-electron chi connectivity index (χ0n) is 48.1. The predicted molar refractivity (Wildman–Crippen MR) is 325 cm³/mol. The number of nitrogens with zero attached hydrogens (tertiary/aromatic N) is 4. The van der Waals surface area contributed by atoms with E-state index >= 15 is 0 Å². The molecule has 1 aromatic heterocycles. The first-order valence-electron chi connectivity index (χ1n) is 28.1. The van der Waals surface area contributed by atoms with Crippen LogP contribution >= 0.6 is 0 Å². The van der Waals surface area contributed by atoms with Crippen LogP contribution in [0.1, 0.15) is 64.6 Å². The van der Waals surface area contributed by atoms with Gasteiger partial charge in [-0.1, -0.05) is 35.9 Å². The molecule has 0 saturated carbocycles. The standard InChI is InChI=1S/C60H75N7O14S3/c1-6-65(7-2)48-21-25-52-56(40-48)81-57-41-49(66(8-3)9-4)22-26-53(57)60(52)54-27-24-51(42-58(54)84(74,75)76)83(72,73)62-30-32-78-34-36-80-38-37-79-35-33-77-31-28-59(69)61-29-10-11-50(68)23-18-46-39-55(44-14-12-43(5)13-15-44)67(63-46)47-19-16-45(17-20-47)64-82(70)71/h12-17,19-22,24-27,39-42,62,64H,6-11,18,23,28-38H2,1-5H3,(H2-,61,69,70,71,74,75,76)/p+1. The number of hydrogen-bond donors (Lipinski definition) is 5. The van der Waals surface area contributed by atoms with Crippen molar-refractivity contribution in [2.75, 3.05) is 102 Å². The number of aromatic nitrogens is 2. The number of nitrogens with one attached hydrogen (secondary N) is 3. The number of amides is 1. The molecule has 84 heavy (non-hydrogen) atoms. The maximum atomic E-state index is 13.5. The molecule has 2 aliphatic rings. The summed E-state index contributed by atoms with van der Waals surface area (Å²) in [5.41, 5.74) is 7.47. The van der Waals surface area contributed by atoms with Crippen molar-refractivity contribution in [2.24, 2.45) is 0 Å². The number of ketones is 1. The fourth-order valence-corrected chi connectivity index (χ4v) is 11.7. The molecule has 1 aliphatic heterocycles. The number of fused-ring (bicyclic) bond motifs is 2. The van der Waals surface area contributed by atoms with Crippen LogP contribution in [0, 0.1) is 6.92 Å². The van der Waals surface area contributed by atoms with Crippen LogP contribution in [0.25, 0.3) is 50.4 Å². The molecule has 1 unspecified atom stereocenters. The lowest BCUT2D eigenvalue weighted by Crippen LogP contribution is -2.29. The van der Waals surface area contributed by atoms with Crippen LogP contribution < -0.4 is 29.6 Å². The van der Waals surface area contributed by atoms with Crippen LogP contribution in [0.3, 0.4) is 0 Å². The number of ether oxygens (including phenoxy) is 4. The largest absolute Gasteiger partial charge is 0.456 e. The van der Waals surface area contributed by atoms with Crippen LogP contribution in [-0.2, 0) is 66.4 Å². The molecule has 4 aromatic carbocycles. The van der Waals surface area contributed by atoms with Gasteiger partial charge in [0.05, 0.1) is 80.9 Å². The minimum absolute atomic E-state index is 0.00218. The van der Waals surface area contributed by atoms with Crippen LogP contribution in [-0.4, -0.2) is 144 Å². The number of carbonyl (C=O) groups is 2. The van der Waals surface area contributed by atoms with Gasteiger partial charge in [0.1, 0.15) is 35.1 Å². The lowest BCUT2D eigenvalue weighted by Gasteiger charge is -2.22. The summed E-state index contributed by atoms with van der Waals surface area (Å²) in [7, 11) is -9.21. The summed E-state index contributed by atoms with van der Waals surface area (Å²) < 4.78 is 122. The van der Waals surface area contributed by atoms with Gasteiger partial charge in [-0.2, -0.15) is 13.5 Å². The first-order valence-corrected chi connectivity index (χ1v) is 32.1. The number of carbonyl (C=O) groups excluding carboxylic acids is 2. The normalized spacial score (nSPS) is 12.2. The third kappa shape index (κ3) is 18.2. The van der Waals surface area contributed by atoms with Gasteiger partial charge in [0.2, 0.25) is 21.3 Å². The molecule has 5 N–H and O–H groups in total. The summed E-state index contributed by atoms with van der Waals surface area (Å²) in [6.07, 6.45) is 1.71. The first kappa shape index (κ1) is 64.8. The minimum Gasteiger partial charge on any atom is -0.456 e. The third-order valence-electron chi connectivity index (χ3n) is 13.9. The molecule has 5 aromatic rings. The Balaban J connectivity index is 0.763. The molecule has 0 saturated heterocycles. The highest BCUT2D eigenvalue weighted by Gasteiger charge is 2.27. The van der Waals surface area contributed by atoms with Crippen molar-refractivity contribution >= 4 is 65.4 Å². The van der Waals surface area contributed by atoms with Crippen LogP contribution in [0.4, 0.5) is 11.4 Å². The van der Waals surface area contributed by atoms with Gasteiger partial charge in [0.15, 0.2) is 0 Å². The van der Waals surface area contributed by atoms with Crippen molar-refractivity contribution in [3.8, 4) is 39.4 Å². The number of rotatable bonds is 35. The van der Waals surface area contributed by atoms with E-state index in [-0.39, 0.29) is 88.0 Å². The average molecular weight is 1220 g/mol. The van der Waals surface area contributed by atoms with Gasteiger partial charge in [-0.3, -0.25) is 23.4 Å². The van der Waals surface area contributed by atoms with Gasteiger partial charge in [-0.15, -0.1) is 0 Å². The number of aryl methyl sites for hydroxylation is 2. The van der Waals surface area contributed by atoms with E-state index in [2.05, 4.69) is 24.2 Å². The number of sulfonamides is 1. The predicted octanol–water partition coefficient (Wildman–Crippen LogP) is 7.65. The Morgan fingerprint density at radius 2 is 1.38 bits per heavy atom. The van der Waals surface area contributed by atoms with E-state index in [0.29, 0.717) is 65.8 Å². The second-order valence-corrected chi connectivity index (χ2v) is 23.5. The Bertz CT molecular complexity index is 3620. The van der Waals surface area contributed by atoms with E-state index in [1.807, 2.05) is 101 Å². The summed E-state index contributed by atoms with van der Waals surface area (Å²) in [6.45, 7) is 15.2. The zero-order valence-corrected chi connectivity index (χ0v) is 50.6. The molecular weight excluding hydrogens is 1140 g/mol. The lowest BCUT2D eigenvalue weighted by atomic mass is 9.93. The maximum absolute atomic E-state index is 13.5. The van der Waals surface area contributed by atoms with E-state index in [9.17, 15) is 35.2 Å². The summed E-state index contributed by atoms with van der Waals surface area (Å²) in [4.78, 5) is 26.4. The quantitative estimate of drug-likeness (QED) is 0.00839. The van der Waals surface area contributed by atoms with Crippen molar-refractivity contribution < 1.29 is 63.1 Å². The molecule has 452 valence electrons. The van der Waals surface area contributed by atoms with Crippen LogP contribution in [0.15, 0.2) is 123 Å². The molecule has 1 atom stereocenters. The summed E-state index contributed by atoms with van der Waals surface area (Å²) in [5.74, 6) is 0.368. The fourth-order valence-electron chi connectivity index (χ4n) is 9.52. The van der Waals surface area contributed by atoms with Gasteiger partial charge < -0.3 is 33.6 Å². The Labute approximate surface area is 493 Å². The molecule has 0 radical (unpaired) electrons. The Morgan fingerprint density at radius 3 is 2.02 bits per heavy atom. The molecule has 0 fully saturated rings. The first-order chi connectivity index (χ1) is 40.4. The van der Waals surface area contributed by atoms with Crippen LogP contribution in [0.5, 0.6) is 0 Å². The van der Waals surface area contributed by atoms with Crippen molar-refractivity contribution in [1.29, 1.82) is 0 Å². The molecule has 0 bridgehead atoms.